The Morgan fingerprint density at radius 1 is 1.10 bits per heavy atom. The van der Waals surface area contributed by atoms with Gasteiger partial charge in [-0.15, -0.1) is 0 Å². The average Bonchev–Trinajstić information content (AvgIpc) is 3.42. The Balaban J connectivity index is 1.15. The van der Waals surface area contributed by atoms with Crippen molar-refractivity contribution in [1.29, 1.82) is 0 Å². The smallest absolute Gasteiger partial charge is 0.287 e. The van der Waals surface area contributed by atoms with Crippen LogP contribution < -0.4 is 15.5 Å². The van der Waals surface area contributed by atoms with E-state index >= 15 is 0 Å². The van der Waals surface area contributed by atoms with Crippen LogP contribution in [-0.4, -0.2) is 47.5 Å². The largest absolute Gasteiger partial charge is 0.451 e. The molecule has 1 fully saturated rings. The lowest BCUT2D eigenvalue weighted by Gasteiger charge is -2.29. The van der Waals surface area contributed by atoms with Crippen LogP contribution in [0.5, 0.6) is 0 Å². The van der Waals surface area contributed by atoms with Crippen LogP contribution in [-0.2, 0) is 0 Å². The molecule has 0 spiro atoms. The van der Waals surface area contributed by atoms with E-state index in [2.05, 4.69) is 10.6 Å². The first-order chi connectivity index (χ1) is 18.8. The molecule has 4 aromatic rings. The fourth-order valence-corrected chi connectivity index (χ4v) is 5.12. The van der Waals surface area contributed by atoms with Crippen LogP contribution in [0.15, 0.2) is 59.0 Å². The highest BCUT2D eigenvalue weighted by Crippen LogP contribution is 2.33. The van der Waals surface area contributed by atoms with Crippen LogP contribution in [0.1, 0.15) is 36.2 Å². The second kappa shape index (κ2) is 11.3. The monoisotopic (exact) mass is 548 g/mol. The van der Waals surface area contributed by atoms with Crippen LogP contribution in [0.4, 0.5) is 17.5 Å². The Kier molecular flexibility index (Phi) is 7.65. The van der Waals surface area contributed by atoms with Gasteiger partial charge in [0.25, 0.3) is 11.6 Å². The average molecular weight is 549 g/mol. The van der Waals surface area contributed by atoms with E-state index in [-0.39, 0.29) is 39.7 Å². The van der Waals surface area contributed by atoms with E-state index in [1.807, 2.05) is 43.3 Å². The van der Waals surface area contributed by atoms with Gasteiger partial charge in [-0.25, -0.2) is 4.98 Å². The van der Waals surface area contributed by atoms with Gasteiger partial charge in [0, 0.05) is 43.2 Å². The highest BCUT2D eigenvalue weighted by atomic mass is 35.5. The Labute approximate surface area is 230 Å². The van der Waals surface area contributed by atoms with Crippen molar-refractivity contribution >= 4 is 45.9 Å². The molecule has 2 N–H and O–H groups in total. The highest BCUT2D eigenvalue weighted by molar-refractivity contribution is 6.30. The molecular weight excluding hydrogens is 520 g/mol. The molecule has 5 rings (SSSR count). The van der Waals surface area contributed by atoms with Crippen molar-refractivity contribution in [3.63, 3.8) is 0 Å². The van der Waals surface area contributed by atoms with Gasteiger partial charge in [-0.1, -0.05) is 23.7 Å². The quantitative estimate of drug-likeness (QED) is 0.205. The molecule has 2 aromatic carbocycles. The van der Waals surface area contributed by atoms with Gasteiger partial charge in [-0.3, -0.25) is 14.9 Å². The number of hydrogen-bond acceptors (Lipinski definition) is 8. The van der Waals surface area contributed by atoms with Crippen molar-refractivity contribution in [2.45, 2.75) is 31.7 Å². The van der Waals surface area contributed by atoms with Gasteiger partial charge in [-0.2, -0.15) is 4.98 Å². The van der Waals surface area contributed by atoms with E-state index in [9.17, 15) is 14.9 Å². The number of amides is 1. The predicted molar refractivity (Wildman–Crippen MR) is 151 cm³/mol. The Hall–Kier alpha value is -4.18. The number of nitrogens with one attached hydrogen (secondary N) is 2. The summed E-state index contributed by atoms with van der Waals surface area (Å²) in [6.07, 6.45) is 3.79. The molecule has 1 saturated carbocycles. The number of hydrogen-bond donors (Lipinski definition) is 2. The van der Waals surface area contributed by atoms with E-state index in [1.165, 1.54) is 18.2 Å². The van der Waals surface area contributed by atoms with Crippen LogP contribution >= 0.6 is 11.6 Å². The third-order valence-corrected chi connectivity index (χ3v) is 7.22. The fraction of sp³-hybridized carbons (Fsp3) is 0.321. The number of anilines is 2. The standard InChI is InChI=1S/C28H29ClN6O4/c1-34(2)26-20-5-3-4-6-22(20)32-28(33-26)31-19-10-7-17(8-11-19)16-30-27(36)25-14-13-24(39-25)21-12-9-18(29)15-23(21)35(37)38/h3-6,9,12-15,17,19H,7-8,10-11,16H2,1-2H3,(H,30,36)(H,31,32,33)/t17-,19+. The summed E-state index contributed by atoms with van der Waals surface area (Å²) < 4.78 is 5.66. The lowest BCUT2D eigenvalue weighted by atomic mass is 9.86. The van der Waals surface area contributed by atoms with Gasteiger partial charge in [0.15, 0.2) is 5.76 Å². The van der Waals surface area contributed by atoms with Crippen LogP contribution in [0.2, 0.25) is 5.02 Å². The molecular formula is C28H29ClN6O4. The molecule has 202 valence electrons. The summed E-state index contributed by atoms with van der Waals surface area (Å²) in [5.41, 5.74) is 0.991. The summed E-state index contributed by atoms with van der Waals surface area (Å²) in [7, 11) is 3.95. The number of rotatable bonds is 8. The molecule has 1 aliphatic rings. The molecule has 39 heavy (non-hydrogen) atoms. The molecule has 0 radical (unpaired) electrons. The number of furan rings is 1. The zero-order valence-electron chi connectivity index (χ0n) is 21.7. The Morgan fingerprint density at radius 2 is 1.87 bits per heavy atom. The third-order valence-electron chi connectivity index (χ3n) is 6.99. The molecule has 1 amide bonds. The maximum absolute atomic E-state index is 12.7. The van der Waals surface area contributed by atoms with E-state index in [1.54, 1.807) is 12.1 Å². The molecule has 10 nitrogen and oxygen atoms in total. The topological polar surface area (TPSA) is 126 Å². The number of carbonyl (C=O) groups is 1. The van der Waals surface area contributed by atoms with Crippen molar-refractivity contribution in [3.05, 3.63) is 75.5 Å². The predicted octanol–water partition coefficient (Wildman–Crippen LogP) is 5.92. The zero-order valence-corrected chi connectivity index (χ0v) is 22.4. The number of nitro benzene ring substituents is 1. The van der Waals surface area contributed by atoms with E-state index in [0.717, 1.165) is 42.4 Å². The molecule has 0 saturated heterocycles. The summed E-state index contributed by atoms with van der Waals surface area (Å²) in [4.78, 5) is 35.0. The number of para-hydroxylation sites is 1. The highest BCUT2D eigenvalue weighted by Gasteiger charge is 2.24. The minimum Gasteiger partial charge on any atom is -0.451 e. The summed E-state index contributed by atoms with van der Waals surface area (Å²) in [5.74, 6) is 1.85. The minimum atomic E-state index is -0.526. The first kappa shape index (κ1) is 26.4. The van der Waals surface area contributed by atoms with E-state index in [0.29, 0.717) is 18.4 Å². The number of halogens is 1. The van der Waals surface area contributed by atoms with Crippen molar-refractivity contribution in [3.8, 4) is 11.3 Å². The first-order valence-electron chi connectivity index (χ1n) is 12.8. The van der Waals surface area contributed by atoms with Crippen molar-refractivity contribution in [1.82, 2.24) is 15.3 Å². The van der Waals surface area contributed by atoms with Gasteiger partial charge in [-0.05, 0) is 68.0 Å². The van der Waals surface area contributed by atoms with Crippen molar-refractivity contribution in [2.75, 3.05) is 30.9 Å². The maximum atomic E-state index is 12.7. The second-order valence-electron chi connectivity index (χ2n) is 9.94. The van der Waals surface area contributed by atoms with E-state index in [4.69, 9.17) is 26.0 Å². The van der Waals surface area contributed by atoms with Crippen molar-refractivity contribution < 1.29 is 14.1 Å². The number of benzene rings is 2. The molecule has 2 heterocycles. The molecule has 0 aliphatic heterocycles. The molecule has 1 aliphatic carbocycles. The van der Waals surface area contributed by atoms with Gasteiger partial charge in [0.2, 0.25) is 5.95 Å². The summed E-state index contributed by atoms with van der Waals surface area (Å²) in [6, 6.07) is 15.6. The lowest BCUT2D eigenvalue weighted by Crippen LogP contribution is -2.34. The van der Waals surface area contributed by atoms with Crippen LogP contribution in [0.3, 0.4) is 0 Å². The van der Waals surface area contributed by atoms with Gasteiger partial charge in [0.05, 0.1) is 16.0 Å². The van der Waals surface area contributed by atoms with Gasteiger partial charge >= 0.3 is 0 Å². The third kappa shape index (κ3) is 5.96. The SMILES string of the molecule is CN(C)c1nc(N[C@H]2CC[C@@H](CNC(=O)c3ccc(-c4ccc(Cl)cc4[N+](=O)[O-])o3)CC2)nc2ccccc12. The van der Waals surface area contributed by atoms with Crippen LogP contribution in [0, 0.1) is 16.0 Å². The second-order valence-corrected chi connectivity index (χ2v) is 10.4. The van der Waals surface area contributed by atoms with Gasteiger partial charge in [0.1, 0.15) is 11.6 Å². The number of nitro groups is 1. The first-order valence-corrected chi connectivity index (χ1v) is 13.2. The van der Waals surface area contributed by atoms with E-state index < -0.39 is 4.92 Å². The Bertz CT molecular complexity index is 1510. The number of aromatic nitrogens is 2. The number of nitrogens with zero attached hydrogens (tertiary/aromatic N) is 4. The van der Waals surface area contributed by atoms with Crippen molar-refractivity contribution in [2.24, 2.45) is 5.92 Å². The summed E-state index contributed by atoms with van der Waals surface area (Å²) in [5, 5.41) is 19.1. The molecule has 0 unspecified atom stereocenters. The maximum Gasteiger partial charge on any atom is 0.287 e. The number of carbonyl (C=O) groups excluding carboxylic acids is 1. The summed E-state index contributed by atoms with van der Waals surface area (Å²) in [6.45, 7) is 0.528. The molecule has 0 atom stereocenters. The fourth-order valence-electron chi connectivity index (χ4n) is 4.95. The lowest BCUT2D eigenvalue weighted by molar-refractivity contribution is -0.384. The van der Waals surface area contributed by atoms with Gasteiger partial charge < -0.3 is 20.0 Å². The molecule has 0 bridgehead atoms. The number of fused-ring (bicyclic) bond motifs is 1. The Morgan fingerprint density at radius 3 is 2.62 bits per heavy atom. The summed E-state index contributed by atoms with van der Waals surface area (Å²) >= 11 is 5.90. The molecule has 11 heteroatoms. The van der Waals surface area contributed by atoms with Crippen LogP contribution in [0.25, 0.3) is 22.2 Å². The normalized spacial score (nSPS) is 17.1. The zero-order chi connectivity index (χ0) is 27.5. The molecule has 2 aromatic heterocycles. The minimum absolute atomic E-state index is 0.106.